The molecule has 272 valence electrons. The minimum atomic E-state index is -0.0394. The van der Waals surface area contributed by atoms with Crippen molar-refractivity contribution in [3.05, 3.63) is 206 Å². The maximum atomic E-state index is 10.2. The Morgan fingerprint density at radius 3 is 1.22 bits per heavy atom. The Hall–Kier alpha value is -5.86. The first-order valence-electron chi connectivity index (χ1n) is 16.3. The van der Waals surface area contributed by atoms with Crippen LogP contribution in [-0.2, 0) is 4.79 Å². The molecule has 0 saturated heterocycles. The quantitative estimate of drug-likeness (QED) is 0.0984. The number of allylic oxidation sites excluding steroid dienone is 3. The van der Waals surface area contributed by atoms with E-state index in [0.717, 1.165) is 38.6 Å². The number of nitrogens with zero attached hydrogens (tertiary/aromatic N) is 3. The highest BCUT2D eigenvalue weighted by Crippen LogP contribution is 2.20. The van der Waals surface area contributed by atoms with Crippen LogP contribution in [0.25, 0.3) is 21.5 Å². The van der Waals surface area contributed by atoms with Gasteiger partial charge < -0.3 is 0 Å². The van der Waals surface area contributed by atoms with Gasteiger partial charge in [-0.3, -0.25) is 19.7 Å². The maximum Gasteiger partial charge on any atom is 0.177 e. The summed E-state index contributed by atoms with van der Waals surface area (Å²) >= 11 is 4.67. The van der Waals surface area contributed by atoms with Gasteiger partial charge in [0, 0.05) is 72.1 Å². The molecule has 0 atom stereocenters. The van der Waals surface area contributed by atoms with Crippen LogP contribution in [0, 0.1) is 43.2 Å². The van der Waals surface area contributed by atoms with Crippen LogP contribution in [0.5, 0.6) is 0 Å². The lowest BCUT2D eigenvalue weighted by atomic mass is 10.0. The van der Waals surface area contributed by atoms with E-state index >= 15 is 0 Å². The van der Waals surface area contributed by atoms with Crippen LogP contribution >= 0.6 is 45.2 Å². The number of carbonyl (C=O) groups excluding carboxylic acids is 1. The topological polar surface area (TPSA) is 55.7 Å². The van der Waals surface area contributed by atoms with E-state index in [1.165, 1.54) is 30.1 Å². The molecule has 7 rings (SSSR count). The molecule has 0 radical (unpaired) electrons. The first kappa shape index (κ1) is 45.3. The monoisotopic (exact) mass is 941 g/mol. The van der Waals surface area contributed by atoms with Crippen LogP contribution in [-0.4, -0.2) is 20.7 Å². The van der Waals surface area contributed by atoms with Crippen LogP contribution in [0.1, 0.15) is 49.6 Å². The average Bonchev–Trinajstić information content (AvgIpc) is 3.21. The number of ketones is 1. The van der Waals surface area contributed by atoms with Gasteiger partial charge in [0.1, 0.15) is 0 Å². The standard InChI is InChI=1S/C24H14N2.C10H6I2.C7H5N.C6H8O.2CH4/c1(19-9-13-25-14-10-19)3-21-5-7-24-18-22(6-8-23(24)17-21)4-2-20-11-15-26-16-12-20;11-9-3-1-7-5-10(12)4-2-8(7)6-9;1-2-7-3-5-8-6-4-7;1-3-5-6(7)4-2;;/h5-18H;1-6H;1,3-6H;3-5H,2H2,1H3;2*1H4. The van der Waals surface area contributed by atoms with Gasteiger partial charge in [0.15, 0.2) is 5.78 Å². The zero-order valence-corrected chi connectivity index (χ0v) is 33.2. The third-order valence-corrected chi connectivity index (χ3v) is 8.39. The Balaban J connectivity index is 0.000000298. The summed E-state index contributed by atoms with van der Waals surface area (Å²) in [5.74, 6) is 15.2. The predicted octanol–water partition coefficient (Wildman–Crippen LogP) is 12.1. The molecule has 0 saturated carbocycles. The molecule has 0 unspecified atom stereocenters. The van der Waals surface area contributed by atoms with Gasteiger partial charge in [0.25, 0.3) is 0 Å². The number of hydrogen-bond acceptors (Lipinski definition) is 4. The SMILES string of the molecule is C.C.C#Cc1ccncc1.C(#Cc1ccc2cc(C#Cc3ccncc3)ccc2c1)c1ccncc1.C=CC(=O)C=CC.Ic1ccc2cc(I)ccc2c1. The fraction of sp³-hybridized carbons (Fsp3) is 0.0612. The summed E-state index contributed by atoms with van der Waals surface area (Å²) in [5, 5.41) is 4.95. The molecule has 0 amide bonds. The van der Waals surface area contributed by atoms with Crippen molar-refractivity contribution in [1.29, 1.82) is 0 Å². The minimum Gasteiger partial charge on any atom is -0.290 e. The van der Waals surface area contributed by atoms with Crippen molar-refractivity contribution in [3.8, 4) is 36.0 Å². The number of aromatic nitrogens is 3. The first-order chi connectivity index (χ1) is 25.9. The van der Waals surface area contributed by atoms with Crippen molar-refractivity contribution >= 4 is 72.5 Å². The lowest BCUT2D eigenvalue weighted by Crippen LogP contribution is -1.81. The summed E-state index contributed by atoms with van der Waals surface area (Å²) < 4.78 is 2.59. The summed E-state index contributed by atoms with van der Waals surface area (Å²) in [4.78, 5) is 22.0. The lowest BCUT2D eigenvalue weighted by molar-refractivity contribution is -0.110. The van der Waals surface area contributed by atoms with Gasteiger partial charge in [0.2, 0.25) is 0 Å². The van der Waals surface area contributed by atoms with E-state index in [2.05, 4.69) is 157 Å². The van der Waals surface area contributed by atoms with Crippen LogP contribution in [0.15, 0.2) is 171 Å². The molecule has 6 heteroatoms. The summed E-state index contributed by atoms with van der Waals surface area (Å²) in [6, 6.07) is 36.7. The van der Waals surface area contributed by atoms with Gasteiger partial charge in [-0.1, -0.05) is 81.4 Å². The molecule has 0 bridgehead atoms. The summed E-state index contributed by atoms with van der Waals surface area (Å²) in [6.45, 7) is 5.07. The van der Waals surface area contributed by atoms with Gasteiger partial charge in [-0.25, -0.2) is 0 Å². The van der Waals surface area contributed by atoms with Crippen molar-refractivity contribution in [3.63, 3.8) is 0 Å². The third kappa shape index (κ3) is 16.4. The number of pyridine rings is 3. The molecule has 0 aliphatic carbocycles. The Morgan fingerprint density at radius 1 is 0.545 bits per heavy atom. The molecule has 0 fully saturated rings. The summed E-state index contributed by atoms with van der Waals surface area (Å²) in [5.41, 5.74) is 4.78. The highest BCUT2D eigenvalue weighted by Gasteiger charge is 1.97. The van der Waals surface area contributed by atoms with Gasteiger partial charge in [0.05, 0.1) is 0 Å². The second-order valence-corrected chi connectivity index (χ2v) is 13.4. The van der Waals surface area contributed by atoms with E-state index in [0.29, 0.717) is 0 Å². The number of hydrogen-bond donors (Lipinski definition) is 0. The molecular weight excluding hydrogens is 900 g/mol. The molecule has 55 heavy (non-hydrogen) atoms. The Kier molecular flexibility index (Phi) is 20.8. The van der Waals surface area contributed by atoms with Crippen molar-refractivity contribution in [2.75, 3.05) is 0 Å². The highest BCUT2D eigenvalue weighted by molar-refractivity contribution is 14.1. The molecule has 0 spiro atoms. The largest absolute Gasteiger partial charge is 0.290 e. The van der Waals surface area contributed by atoms with Gasteiger partial charge in [-0.2, -0.15) is 0 Å². The van der Waals surface area contributed by atoms with Gasteiger partial charge >= 0.3 is 0 Å². The van der Waals surface area contributed by atoms with Crippen molar-refractivity contribution < 1.29 is 4.79 Å². The molecular formula is C49H41I2N3O. The number of terminal acetylenes is 1. The molecule has 0 N–H and O–H groups in total. The summed E-state index contributed by atoms with van der Waals surface area (Å²) in [6.07, 6.45) is 19.8. The lowest BCUT2D eigenvalue weighted by Gasteiger charge is -2.00. The number of carbonyl (C=O) groups is 1. The normalized spacial score (nSPS) is 9.20. The zero-order chi connectivity index (χ0) is 37.7. The molecule has 0 aliphatic rings. The van der Waals surface area contributed by atoms with Crippen molar-refractivity contribution in [1.82, 2.24) is 15.0 Å². The number of halogens is 2. The van der Waals surface area contributed by atoms with Crippen LogP contribution < -0.4 is 0 Å². The van der Waals surface area contributed by atoms with E-state index in [4.69, 9.17) is 6.42 Å². The van der Waals surface area contributed by atoms with Crippen molar-refractivity contribution in [2.45, 2.75) is 21.8 Å². The first-order valence-corrected chi connectivity index (χ1v) is 18.4. The molecule has 7 aromatic rings. The smallest absolute Gasteiger partial charge is 0.177 e. The van der Waals surface area contributed by atoms with E-state index in [1.807, 2.05) is 36.4 Å². The second kappa shape index (κ2) is 25.2. The number of benzene rings is 4. The fourth-order valence-electron chi connectivity index (χ4n) is 4.43. The molecule has 4 nitrogen and oxygen atoms in total. The summed E-state index contributed by atoms with van der Waals surface area (Å²) in [7, 11) is 0. The fourth-order valence-corrected chi connectivity index (χ4v) is 5.46. The van der Waals surface area contributed by atoms with E-state index in [-0.39, 0.29) is 20.6 Å². The van der Waals surface area contributed by atoms with Gasteiger partial charge in [-0.15, -0.1) is 6.42 Å². The van der Waals surface area contributed by atoms with E-state index in [9.17, 15) is 4.79 Å². The maximum absolute atomic E-state index is 10.2. The van der Waals surface area contributed by atoms with E-state index in [1.54, 1.807) is 62.3 Å². The minimum absolute atomic E-state index is 0. The molecule has 3 aromatic heterocycles. The Morgan fingerprint density at radius 2 is 0.891 bits per heavy atom. The highest BCUT2D eigenvalue weighted by atomic mass is 127. The second-order valence-electron chi connectivity index (χ2n) is 10.9. The van der Waals surface area contributed by atoms with Crippen LogP contribution in [0.2, 0.25) is 0 Å². The number of fused-ring (bicyclic) bond motifs is 2. The van der Waals surface area contributed by atoms with Crippen LogP contribution in [0.4, 0.5) is 0 Å². The predicted molar refractivity (Wildman–Crippen MR) is 249 cm³/mol. The van der Waals surface area contributed by atoms with Crippen molar-refractivity contribution in [2.24, 2.45) is 0 Å². The average molecular weight is 942 g/mol. The van der Waals surface area contributed by atoms with Crippen LogP contribution in [0.3, 0.4) is 0 Å². The van der Waals surface area contributed by atoms with E-state index < -0.39 is 0 Å². The molecule has 0 aliphatic heterocycles. The zero-order valence-electron chi connectivity index (χ0n) is 28.9. The molecule has 4 aromatic carbocycles. The van der Waals surface area contributed by atoms with Gasteiger partial charge in [-0.05, 0) is 171 Å². The molecule has 3 heterocycles. The Bertz CT molecular complexity index is 2350. The third-order valence-electron chi connectivity index (χ3n) is 7.05. The Labute approximate surface area is 353 Å². The number of rotatable bonds is 2.